The lowest BCUT2D eigenvalue weighted by Gasteiger charge is -2.34. The van der Waals surface area contributed by atoms with Crippen LogP contribution in [0.3, 0.4) is 0 Å². The molecule has 0 spiro atoms. The molecule has 0 bridgehead atoms. The van der Waals surface area contributed by atoms with Gasteiger partial charge in [0, 0.05) is 39.3 Å². The molecule has 1 aromatic carbocycles. The van der Waals surface area contributed by atoms with Crippen molar-refractivity contribution >= 4 is 29.9 Å². The van der Waals surface area contributed by atoms with E-state index in [1.54, 1.807) is 0 Å². The molecule has 2 rings (SSSR count). The zero-order valence-electron chi connectivity index (χ0n) is 20.6. The van der Waals surface area contributed by atoms with Gasteiger partial charge in [0.05, 0.1) is 25.9 Å². The molecule has 1 saturated heterocycles. The average Bonchev–Trinajstić information content (AvgIpc) is 2.74. The molecule has 2 N–H and O–H groups in total. The van der Waals surface area contributed by atoms with Crippen molar-refractivity contribution in [2.75, 3.05) is 66.6 Å². The van der Waals surface area contributed by atoms with Crippen LogP contribution in [0.25, 0.3) is 0 Å². The van der Waals surface area contributed by atoms with Crippen molar-refractivity contribution in [2.24, 2.45) is 10.9 Å². The predicted molar refractivity (Wildman–Crippen MR) is 144 cm³/mol. The third kappa shape index (κ3) is 12.2. The van der Waals surface area contributed by atoms with Crippen LogP contribution in [0.5, 0.6) is 5.75 Å². The maximum atomic E-state index is 5.94. The normalized spacial score (nSPS) is 17.3. The highest BCUT2D eigenvalue weighted by atomic mass is 127. The zero-order valence-corrected chi connectivity index (χ0v) is 22.9. The van der Waals surface area contributed by atoms with Crippen molar-refractivity contribution in [2.45, 2.75) is 39.8 Å². The molecule has 1 unspecified atom stereocenters. The second kappa shape index (κ2) is 16.5. The van der Waals surface area contributed by atoms with Crippen LogP contribution in [-0.2, 0) is 11.3 Å². The van der Waals surface area contributed by atoms with Gasteiger partial charge in [0.1, 0.15) is 5.75 Å². The summed E-state index contributed by atoms with van der Waals surface area (Å²) < 4.78 is 11.8. The quantitative estimate of drug-likeness (QED) is 0.177. The molecule has 1 atom stereocenters. The molecule has 1 heterocycles. The van der Waals surface area contributed by atoms with E-state index in [1.165, 1.54) is 0 Å². The summed E-state index contributed by atoms with van der Waals surface area (Å²) >= 11 is 0. The van der Waals surface area contributed by atoms with Crippen LogP contribution >= 0.6 is 24.0 Å². The van der Waals surface area contributed by atoms with Crippen LogP contribution in [0.2, 0.25) is 0 Å². The summed E-state index contributed by atoms with van der Waals surface area (Å²) in [5, 5.41) is 6.78. The maximum Gasteiger partial charge on any atom is 0.191 e. The number of morpholine rings is 1. The fraction of sp³-hybridized carbons (Fsp3) is 0.708. The third-order valence-electron chi connectivity index (χ3n) is 5.05. The van der Waals surface area contributed by atoms with Crippen LogP contribution in [-0.4, -0.2) is 88.4 Å². The number of hydrogen-bond donors (Lipinski definition) is 2. The molecule has 1 aromatic rings. The van der Waals surface area contributed by atoms with Gasteiger partial charge in [-0.15, -0.1) is 24.0 Å². The van der Waals surface area contributed by atoms with Crippen molar-refractivity contribution < 1.29 is 9.47 Å². The Morgan fingerprint density at radius 3 is 2.66 bits per heavy atom. The Morgan fingerprint density at radius 2 is 2.00 bits per heavy atom. The number of aliphatic imine (C=N–C) groups is 1. The largest absolute Gasteiger partial charge is 0.494 e. The Kier molecular flexibility index (Phi) is 14.9. The molecule has 7 nitrogen and oxygen atoms in total. The van der Waals surface area contributed by atoms with Crippen LogP contribution < -0.4 is 15.4 Å². The van der Waals surface area contributed by atoms with Crippen LogP contribution in [0.4, 0.5) is 0 Å². The topological polar surface area (TPSA) is 61.4 Å². The van der Waals surface area contributed by atoms with Gasteiger partial charge in [0.25, 0.3) is 0 Å². The van der Waals surface area contributed by atoms with Gasteiger partial charge in [-0.1, -0.05) is 26.0 Å². The van der Waals surface area contributed by atoms with Crippen molar-refractivity contribution in [3.63, 3.8) is 0 Å². The SMILES string of the molecule is CCNC(=NCc1ccc(OCCCN(C)C)cc1)NCC1CN(CC(C)C)CCO1.I. The van der Waals surface area contributed by atoms with Crippen molar-refractivity contribution in [3.8, 4) is 5.75 Å². The molecule has 184 valence electrons. The van der Waals surface area contributed by atoms with Gasteiger partial charge in [-0.3, -0.25) is 4.90 Å². The summed E-state index contributed by atoms with van der Waals surface area (Å²) in [7, 11) is 4.16. The van der Waals surface area contributed by atoms with Gasteiger partial charge in [-0.25, -0.2) is 4.99 Å². The summed E-state index contributed by atoms with van der Waals surface area (Å²) in [5.41, 5.74) is 1.16. The lowest BCUT2D eigenvalue weighted by Crippen LogP contribution is -2.50. The Morgan fingerprint density at radius 1 is 1.25 bits per heavy atom. The molecule has 1 fully saturated rings. The fourth-order valence-corrected chi connectivity index (χ4v) is 3.57. The fourth-order valence-electron chi connectivity index (χ4n) is 3.57. The molecule has 1 aliphatic rings. The third-order valence-corrected chi connectivity index (χ3v) is 5.05. The summed E-state index contributed by atoms with van der Waals surface area (Å²) in [6.07, 6.45) is 1.22. The second-order valence-corrected chi connectivity index (χ2v) is 8.87. The van der Waals surface area contributed by atoms with Crippen LogP contribution in [0.15, 0.2) is 29.3 Å². The zero-order chi connectivity index (χ0) is 22.5. The average molecular weight is 562 g/mol. The Labute approximate surface area is 212 Å². The first-order valence-corrected chi connectivity index (χ1v) is 11.7. The molecular formula is C24H44IN5O2. The Bertz CT molecular complexity index is 640. The number of halogens is 1. The lowest BCUT2D eigenvalue weighted by molar-refractivity contribution is -0.0284. The first-order valence-electron chi connectivity index (χ1n) is 11.7. The molecule has 8 heteroatoms. The highest BCUT2D eigenvalue weighted by Gasteiger charge is 2.21. The summed E-state index contributed by atoms with van der Waals surface area (Å²) in [6, 6.07) is 8.23. The van der Waals surface area contributed by atoms with Crippen LogP contribution in [0.1, 0.15) is 32.8 Å². The monoisotopic (exact) mass is 561 g/mol. The van der Waals surface area contributed by atoms with E-state index in [-0.39, 0.29) is 30.1 Å². The first kappa shape index (κ1) is 28.9. The van der Waals surface area contributed by atoms with Gasteiger partial charge in [-0.05, 0) is 51.1 Å². The number of nitrogens with zero attached hydrogens (tertiary/aromatic N) is 3. The van der Waals surface area contributed by atoms with E-state index in [9.17, 15) is 0 Å². The minimum Gasteiger partial charge on any atom is -0.494 e. The van der Waals surface area contributed by atoms with Crippen molar-refractivity contribution in [1.82, 2.24) is 20.4 Å². The van der Waals surface area contributed by atoms with Gasteiger partial charge < -0.3 is 25.0 Å². The molecule has 0 amide bonds. The number of ether oxygens (including phenoxy) is 2. The summed E-state index contributed by atoms with van der Waals surface area (Å²) in [5.74, 6) is 2.42. The Hall–Kier alpha value is -1.10. The molecule has 32 heavy (non-hydrogen) atoms. The van der Waals surface area contributed by atoms with E-state index < -0.39 is 0 Å². The van der Waals surface area contributed by atoms with Gasteiger partial charge in [-0.2, -0.15) is 0 Å². The number of benzene rings is 1. The number of guanidine groups is 1. The minimum atomic E-state index is 0. The highest BCUT2D eigenvalue weighted by molar-refractivity contribution is 14.0. The van der Waals surface area contributed by atoms with Crippen molar-refractivity contribution in [3.05, 3.63) is 29.8 Å². The van der Waals surface area contributed by atoms with E-state index in [0.717, 1.165) is 76.2 Å². The molecular weight excluding hydrogens is 517 g/mol. The number of hydrogen-bond acceptors (Lipinski definition) is 5. The predicted octanol–water partition coefficient (Wildman–Crippen LogP) is 3.05. The van der Waals surface area contributed by atoms with E-state index in [1.807, 2.05) is 12.1 Å². The van der Waals surface area contributed by atoms with Gasteiger partial charge in [0.15, 0.2) is 5.96 Å². The first-order chi connectivity index (χ1) is 15.0. The molecule has 0 saturated carbocycles. The summed E-state index contributed by atoms with van der Waals surface area (Å²) in [4.78, 5) is 9.40. The van der Waals surface area contributed by atoms with Crippen LogP contribution in [0, 0.1) is 5.92 Å². The van der Waals surface area contributed by atoms with E-state index in [2.05, 4.69) is 67.4 Å². The standard InChI is InChI=1S/C24H43N5O2.HI/c1-6-25-24(27-17-23-19-29(13-15-31-23)18-20(2)3)26-16-21-8-10-22(11-9-21)30-14-7-12-28(4)5;/h8-11,20,23H,6-7,12-19H2,1-5H3,(H2,25,26,27);1H. The molecule has 1 aliphatic heterocycles. The van der Waals surface area contributed by atoms with Gasteiger partial charge in [0.2, 0.25) is 0 Å². The molecule has 0 radical (unpaired) electrons. The smallest absolute Gasteiger partial charge is 0.191 e. The minimum absolute atomic E-state index is 0. The number of nitrogens with one attached hydrogen (secondary N) is 2. The van der Waals surface area contributed by atoms with E-state index in [4.69, 9.17) is 14.5 Å². The second-order valence-electron chi connectivity index (χ2n) is 8.87. The van der Waals surface area contributed by atoms with Gasteiger partial charge >= 0.3 is 0 Å². The maximum absolute atomic E-state index is 5.94. The lowest BCUT2D eigenvalue weighted by atomic mass is 10.2. The van der Waals surface area contributed by atoms with E-state index in [0.29, 0.717) is 12.5 Å². The number of rotatable bonds is 12. The molecule has 0 aromatic heterocycles. The Balaban J connectivity index is 0.00000512. The molecule has 0 aliphatic carbocycles. The van der Waals surface area contributed by atoms with Crippen molar-refractivity contribution in [1.29, 1.82) is 0 Å². The van der Waals surface area contributed by atoms with E-state index >= 15 is 0 Å². The highest BCUT2D eigenvalue weighted by Crippen LogP contribution is 2.13. The summed E-state index contributed by atoms with van der Waals surface area (Å²) in [6.45, 7) is 14.5.